The number of benzene rings is 1. The zero-order valence-electron chi connectivity index (χ0n) is 13.1. The minimum absolute atomic E-state index is 0. The Hall–Kier alpha value is -0.700. The minimum atomic E-state index is -4.08. The third-order valence-electron chi connectivity index (χ3n) is 3.10. The van der Waals surface area contributed by atoms with Gasteiger partial charge in [0, 0.05) is 25.0 Å². The van der Waals surface area contributed by atoms with Crippen LogP contribution in [0.25, 0.3) is 0 Å². The van der Waals surface area contributed by atoms with Crippen LogP contribution in [-0.2, 0) is 0 Å². The van der Waals surface area contributed by atoms with Crippen LogP contribution in [0.1, 0.15) is 37.8 Å². The van der Waals surface area contributed by atoms with E-state index in [2.05, 4.69) is 15.6 Å². The van der Waals surface area contributed by atoms with Crippen molar-refractivity contribution in [2.45, 2.75) is 38.4 Å². The molecule has 0 amide bonds. The summed E-state index contributed by atoms with van der Waals surface area (Å²) in [5.41, 5.74) is 1.01. The highest BCUT2D eigenvalue weighted by Gasteiger charge is 2.25. The number of unbranched alkanes of at least 4 members (excludes halogenated alkanes) is 1. The molecule has 1 aromatic rings. The highest BCUT2D eigenvalue weighted by atomic mass is 127. The molecule has 1 atom stereocenters. The van der Waals surface area contributed by atoms with Gasteiger partial charge in [0.2, 0.25) is 0 Å². The molecule has 23 heavy (non-hydrogen) atoms. The first-order valence-electron chi connectivity index (χ1n) is 7.11. The Balaban J connectivity index is 0.00000484. The first-order valence-corrected chi connectivity index (χ1v) is 7.49. The topological polar surface area (TPSA) is 36.4 Å². The van der Waals surface area contributed by atoms with Crippen molar-refractivity contribution in [3.05, 3.63) is 34.9 Å². The van der Waals surface area contributed by atoms with Gasteiger partial charge in [-0.3, -0.25) is 4.99 Å². The molecule has 3 nitrogen and oxygen atoms in total. The number of nitrogens with zero attached hydrogens (tertiary/aromatic N) is 1. The molecule has 0 heterocycles. The van der Waals surface area contributed by atoms with Gasteiger partial charge in [0.25, 0.3) is 0 Å². The van der Waals surface area contributed by atoms with Gasteiger partial charge in [-0.1, -0.05) is 23.7 Å². The molecular formula is C15H22ClF3IN3. The lowest BCUT2D eigenvalue weighted by molar-refractivity contribution is -0.135. The predicted octanol–water partition coefficient (Wildman–Crippen LogP) is 4.92. The largest absolute Gasteiger partial charge is 0.389 e. The normalized spacial score (nSPS) is 13.2. The maximum absolute atomic E-state index is 12.0. The molecule has 8 heteroatoms. The Labute approximate surface area is 157 Å². The van der Waals surface area contributed by atoms with Gasteiger partial charge in [0.05, 0.1) is 6.04 Å². The second kappa shape index (κ2) is 11.0. The fourth-order valence-electron chi connectivity index (χ4n) is 1.92. The molecule has 0 aliphatic rings. The smallest absolute Gasteiger partial charge is 0.356 e. The molecule has 132 valence electrons. The van der Waals surface area contributed by atoms with E-state index >= 15 is 0 Å². The number of alkyl halides is 3. The average molecular weight is 464 g/mol. The molecule has 1 aromatic carbocycles. The van der Waals surface area contributed by atoms with Crippen molar-refractivity contribution in [1.29, 1.82) is 0 Å². The van der Waals surface area contributed by atoms with Crippen LogP contribution in [0.15, 0.2) is 29.3 Å². The zero-order valence-corrected chi connectivity index (χ0v) is 16.2. The van der Waals surface area contributed by atoms with E-state index in [0.29, 0.717) is 23.9 Å². The molecule has 0 saturated carbocycles. The third-order valence-corrected chi connectivity index (χ3v) is 3.34. The van der Waals surface area contributed by atoms with Gasteiger partial charge in [-0.05, 0) is 37.5 Å². The number of halogens is 5. The lowest BCUT2D eigenvalue weighted by atomic mass is 10.1. The van der Waals surface area contributed by atoms with Gasteiger partial charge in [-0.25, -0.2) is 0 Å². The molecule has 1 rings (SSSR count). The number of hydrogen-bond acceptors (Lipinski definition) is 1. The molecule has 0 radical (unpaired) electrons. The second-order valence-electron chi connectivity index (χ2n) is 4.99. The maximum Gasteiger partial charge on any atom is 0.389 e. The first kappa shape index (κ1) is 22.3. The van der Waals surface area contributed by atoms with Gasteiger partial charge in [-0.15, -0.1) is 24.0 Å². The van der Waals surface area contributed by atoms with Gasteiger partial charge in [0.1, 0.15) is 0 Å². The van der Waals surface area contributed by atoms with Crippen LogP contribution in [0.4, 0.5) is 13.2 Å². The van der Waals surface area contributed by atoms with Crippen LogP contribution in [0, 0.1) is 0 Å². The van der Waals surface area contributed by atoms with Crippen molar-refractivity contribution in [1.82, 2.24) is 10.6 Å². The molecule has 1 unspecified atom stereocenters. The molecule has 0 saturated heterocycles. The summed E-state index contributed by atoms with van der Waals surface area (Å²) in [6, 6.07) is 7.45. The first-order chi connectivity index (χ1) is 10.3. The summed E-state index contributed by atoms with van der Waals surface area (Å²) in [7, 11) is 1.62. The van der Waals surface area contributed by atoms with E-state index in [0.717, 1.165) is 5.56 Å². The number of hydrogen-bond donors (Lipinski definition) is 2. The fourth-order valence-corrected chi connectivity index (χ4v) is 2.11. The summed E-state index contributed by atoms with van der Waals surface area (Å²) in [4.78, 5) is 4.06. The quantitative estimate of drug-likeness (QED) is 0.272. The van der Waals surface area contributed by atoms with E-state index in [9.17, 15) is 13.2 Å². The van der Waals surface area contributed by atoms with Crippen LogP contribution < -0.4 is 10.6 Å². The summed E-state index contributed by atoms with van der Waals surface area (Å²) in [6.45, 7) is 2.40. The summed E-state index contributed by atoms with van der Waals surface area (Å²) in [6.07, 6.45) is -4.29. The van der Waals surface area contributed by atoms with E-state index in [1.165, 1.54) is 0 Å². The monoisotopic (exact) mass is 463 g/mol. The van der Waals surface area contributed by atoms with Crippen LogP contribution in [0.3, 0.4) is 0 Å². The van der Waals surface area contributed by atoms with E-state index < -0.39 is 12.6 Å². The fraction of sp³-hybridized carbons (Fsp3) is 0.533. The third kappa shape index (κ3) is 9.91. The summed E-state index contributed by atoms with van der Waals surface area (Å²) >= 11 is 5.95. The Morgan fingerprint density at radius 3 is 2.57 bits per heavy atom. The van der Waals surface area contributed by atoms with E-state index in [1.54, 1.807) is 13.1 Å². The second-order valence-corrected chi connectivity index (χ2v) is 5.43. The van der Waals surface area contributed by atoms with E-state index in [-0.39, 0.29) is 36.4 Å². The highest BCUT2D eigenvalue weighted by molar-refractivity contribution is 14.0. The Kier molecular flexibility index (Phi) is 10.6. The SMILES string of the molecule is CN=C(NCCCCC(F)(F)F)NC(C)c1cccc(Cl)c1.I. The van der Waals surface area contributed by atoms with Gasteiger partial charge < -0.3 is 10.6 Å². The van der Waals surface area contributed by atoms with Crippen molar-refractivity contribution in [2.24, 2.45) is 4.99 Å². The number of nitrogens with one attached hydrogen (secondary N) is 2. The Morgan fingerprint density at radius 1 is 1.30 bits per heavy atom. The van der Waals surface area contributed by atoms with Crippen molar-refractivity contribution >= 4 is 41.5 Å². The number of aliphatic imine (C=N–C) groups is 1. The predicted molar refractivity (Wildman–Crippen MR) is 99.7 cm³/mol. The molecule has 0 bridgehead atoms. The van der Waals surface area contributed by atoms with Crippen molar-refractivity contribution < 1.29 is 13.2 Å². The molecule has 0 fully saturated rings. The summed E-state index contributed by atoms with van der Waals surface area (Å²) in [5, 5.41) is 6.84. The lowest BCUT2D eigenvalue weighted by Crippen LogP contribution is -2.39. The highest BCUT2D eigenvalue weighted by Crippen LogP contribution is 2.21. The van der Waals surface area contributed by atoms with Crippen molar-refractivity contribution in [2.75, 3.05) is 13.6 Å². The van der Waals surface area contributed by atoms with Crippen molar-refractivity contribution in [3.63, 3.8) is 0 Å². The Morgan fingerprint density at radius 2 is 2.00 bits per heavy atom. The van der Waals surface area contributed by atoms with E-state index in [1.807, 2.05) is 25.1 Å². The van der Waals surface area contributed by atoms with E-state index in [4.69, 9.17) is 11.6 Å². The lowest BCUT2D eigenvalue weighted by Gasteiger charge is -2.18. The Bertz CT molecular complexity index is 495. The molecule has 0 aliphatic heterocycles. The number of rotatable bonds is 6. The average Bonchev–Trinajstić information content (AvgIpc) is 2.44. The molecule has 0 spiro atoms. The molecule has 2 N–H and O–H groups in total. The number of guanidine groups is 1. The standard InChI is InChI=1S/C15H21ClF3N3.HI/c1-11(12-6-5-7-13(16)10-12)22-14(20-2)21-9-4-3-8-15(17,18)19;/h5-7,10-11H,3-4,8-9H2,1-2H3,(H2,20,21,22);1H. The molecule has 0 aromatic heterocycles. The minimum Gasteiger partial charge on any atom is -0.356 e. The van der Waals surface area contributed by atoms with Crippen LogP contribution in [0.5, 0.6) is 0 Å². The molecule has 0 aliphatic carbocycles. The maximum atomic E-state index is 12.0. The zero-order chi connectivity index (χ0) is 16.6. The molecular weight excluding hydrogens is 442 g/mol. The van der Waals surface area contributed by atoms with Gasteiger partial charge >= 0.3 is 6.18 Å². The van der Waals surface area contributed by atoms with Crippen LogP contribution in [-0.4, -0.2) is 25.7 Å². The summed E-state index contributed by atoms with van der Waals surface area (Å²) in [5.74, 6) is 0.555. The summed E-state index contributed by atoms with van der Waals surface area (Å²) < 4.78 is 36.1. The van der Waals surface area contributed by atoms with Crippen molar-refractivity contribution in [3.8, 4) is 0 Å². The van der Waals surface area contributed by atoms with Gasteiger partial charge in [-0.2, -0.15) is 13.2 Å². The van der Waals surface area contributed by atoms with Crippen LogP contribution in [0.2, 0.25) is 5.02 Å². The van der Waals surface area contributed by atoms with Crippen LogP contribution >= 0.6 is 35.6 Å². The van der Waals surface area contributed by atoms with Gasteiger partial charge in [0.15, 0.2) is 5.96 Å².